The summed E-state index contributed by atoms with van der Waals surface area (Å²) < 4.78 is 9.87. The molecule has 0 bridgehead atoms. The number of carbonyl (C=O) groups is 2. The molecule has 4 nitrogen and oxygen atoms in total. The van der Waals surface area contributed by atoms with Crippen LogP contribution in [0.5, 0.6) is 0 Å². The fourth-order valence-electron chi connectivity index (χ4n) is 1.45. The highest BCUT2D eigenvalue weighted by Crippen LogP contribution is 2.15. The van der Waals surface area contributed by atoms with E-state index in [1.807, 2.05) is 13.8 Å². The summed E-state index contributed by atoms with van der Waals surface area (Å²) in [6.45, 7) is 10.7. The fourth-order valence-corrected chi connectivity index (χ4v) is 1.45. The predicted molar refractivity (Wildman–Crippen MR) is 65.1 cm³/mol. The van der Waals surface area contributed by atoms with Crippen molar-refractivity contribution in [2.24, 2.45) is 11.8 Å². The Kier molecular flexibility index (Phi) is 7.26. The number of ether oxygens (including phenoxy) is 2. The third-order valence-electron chi connectivity index (χ3n) is 2.60. The van der Waals surface area contributed by atoms with Crippen LogP contribution in [0.2, 0.25) is 0 Å². The van der Waals surface area contributed by atoms with Gasteiger partial charge in [-0.15, -0.1) is 0 Å². The number of carbonyl (C=O) groups excluding carboxylic acids is 2. The van der Waals surface area contributed by atoms with Crippen LogP contribution in [-0.4, -0.2) is 18.0 Å². The number of hydrogen-bond donors (Lipinski definition) is 0. The molecule has 0 heterocycles. The van der Waals surface area contributed by atoms with Crippen molar-refractivity contribution in [2.45, 2.75) is 46.6 Å². The Bertz CT molecular complexity index is 267. The summed E-state index contributed by atoms with van der Waals surface area (Å²) in [5.41, 5.74) is 0. The maximum atomic E-state index is 11.8. The maximum absolute atomic E-state index is 11.8. The molecule has 0 N–H and O–H groups in total. The molecule has 0 saturated heterocycles. The summed E-state index contributed by atoms with van der Waals surface area (Å²) in [5, 5.41) is 0. The van der Waals surface area contributed by atoms with Crippen LogP contribution in [0.3, 0.4) is 0 Å². The molecule has 0 aromatic heterocycles. The first-order chi connectivity index (χ1) is 7.97. The Morgan fingerprint density at radius 1 is 1.18 bits per heavy atom. The van der Waals surface area contributed by atoms with Crippen LogP contribution in [0.1, 0.15) is 40.5 Å². The van der Waals surface area contributed by atoms with Gasteiger partial charge in [-0.25, -0.2) is 4.79 Å². The molecule has 4 heteroatoms. The SMILES string of the molecule is C=COC(=O)C(OC(=O)C(CC)CC)C(C)C. The average Bonchev–Trinajstić information content (AvgIpc) is 2.27. The zero-order valence-corrected chi connectivity index (χ0v) is 11.1. The molecule has 0 rings (SSSR count). The van der Waals surface area contributed by atoms with Crippen molar-refractivity contribution in [1.82, 2.24) is 0 Å². The normalized spacial score (nSPS) is 12.4. The van der Waals surface area contributed by atoms with Crippen molar-refractivity contribution in [1.29, 1.82) is 0 Å². The van der Waals surface area contributed by atoms with Gasteiger partial charge in [-0.05, 0) is 12.8 Å². The standard InChI is InChI=1S/C13H22O4/c1-6-10(7-2)12(14)17-11(9(4)5)13(15)16-8-3/h8-11H,3,6-7H2,1-2,4-5H3. The average molecular weight is 242 g/mol. The van der Waals surface area contributed by atoms with Crippen LogP contribution < -0.4 is 0 Å². The van der Waals surface area contributed by atoms with Crippen LogP contribution in [0.4, 0.5) is 0 Å². The Morgan fingerprint density at radius 2 is 1.71 bits per heavy atom. The van der Waals surface area contributed by atoms with Crippen LogP contribution in [-0.2, 0) is 19.1 Å². The summed E-state index contributed by atoms with van der Waals surface area (Å²) in [7, 11) is 0. The summed E-state index contributed by atoms with van der Waals surface area (Å²) in [4.78, 5) is 23.3. The molecule has 0 fully saturated rings. The monoisotopic (exact) mass is 242 g/mol. The third-order valence-corrected chi connectivity index (χ3v) is 2.60. The van der Waals surface area contributed by atoms with E-state index in [2.05, 4.69) is 11.3 Å². The molecule has 17 heavy (non-hydrogen) atoms. The van der Waals surface area contributed by atoms with Crippen LogP contribution in [0.25, 0.3) is 0 Å². The van der Waals surface area contributed by atoms with Crippen molar-refractivity contribution in [3.63, 3.8) is 0 Å². The van der Waals surface area contributed by atoms with E-state index < -0.39 is 12.1 Å². The lowest BCUT2D eigenvalue weighted by Gasteiger charge is -2.21. The molecule has 0 aromatic carbocycles. The molecule has 0 spiro atoms. The molecule has 1 atom stereocenters. The van der Waals surface area contributed by atoms with Gasteiger partial charge in [-0.3, -0.25) is 4.79 Å². The molecule has 0 radical (unpaired) electrons. The second-order valence-corrected chi connectivity index (χ2v) is 4.22. The van der Waals surface area contributed by atoms with E-state index in [0.717, 1.165) is 6.26 Å². The molecule has 0 aromatic rings. The smallest absolute Gasteiger partial charge is 0.352 e. The molecule has 0 aliphatic rings. The topological polar surface area (TPSA) is 52.6 Å². The van der Waals surface area contributed by atoms with E-state index in [1.165, 1.54) is 0 Å². The molecule has 0 amide bonds. The predicted octanol–water partition coefficient (Wildman–Crippen LogP) is 2.68. The van der Waals surface area contributed by atoms with Crippen molar-refractivity contribution in [3.05, 3.63) is 12.8 Å². The zero-order valence-electron chi connectivity index (χ0n) is 11.1. The molecule has 0 aliphatic carbocycles. The maximum Gasteiger partial charge on any atom is 0.352 e. The lowest BCUT2D eigenvalue weighted by molar-refractivity contribution is -0.170. The summed E-state index contributed by atoms with van der Waals surface area (Å²) in [6, 6.07) is 0. The van der Waals surface area contributed by atoms with Gasteiger partial charge in [0, 0.05) is 5.92 Å². The highest BCUT2D eigenvalue weighted by molar-refractivity contribution is 5.80. The first-order valence-electron chi connectivity index (χ1n) is 5.99. The van der Waals surface area contributed by atoms with Gasteiger partial charge in [-0.2, -0.15) is 0 Å². The van der Waals surface area contributed by atoms with E-state index in [9.17, 15) is 9.59 Å². The Balaban J connectivity index is 4.59. The van der Waals surface area contributed by atoms with Crippen molar-refractivity contribution in [2.75, 3.05) is 0 Å². The van der Waals surface area contributed by atoms with Gasteiger partial charge < -0.3 is 9.47 Å². The first kappa shape index (κ1) is 15.7. The van der Waals surface area contributed by atoms with Crippen LogP contribution in [0.15, 0.2) is 12.8 Å². The lowest BCUT2D eigenvalue weighted by Crippen LogP contribution is -2.34. The minimum Gasteiger partial charge on any atom is -0.450 e. The third kappa shape index (κ3) is 5.02. The summed E-state index contributed by atoms with van der Waals surface area (Å²) >= 11 is 0. The minimum atomic E-state index is -0.860. The fraction of sp³-hybridized carbons (Fsp3) is 0.692. The quantitative estimate of drug-likeness (QED) is 0.508. The van der Waals surface area contributed by atoms with Crippen molar-refractivity contribution >= 4 is 11.9 Å². The number of hydrogen-bond acceptors (Lipinski definition) is 4. The minimum absolute atomic E-state index is 0.124. The van der Waals surface area contributed by atoms with E-state index in [-0.39, 0.29) is 17.8 Å². The van der Waals surface area contributed by atoms with Crippen molar-refractivity contribution in [3.8, 4) is 0 Å². The number of rotatable bonds is 7. The highest BCUT2D eigenvalue weighted by Gasteiger charge is 2.29. The van der Waals surface area contributed by atoms with E-state index >= 15 is 0 Å². The van der Waals surface area contributed by atoms with Crippen LogP contribution >= 0.6 is 0 Å². The van der Waals surface area contributed by atoms with Gasteiger partial charge in [0.05, 0.1) is 12.2 Å². The molecular formula is C13H22O4. The Morgan fingerprint density at radius 3 is 2.06 bits per heavy atom. The van der Waals surface area contributed by atoms with Gasteiger partial charge in [-0.1, -0.05) is 34.3 Å². The van der Waals surface area contributed by atoms with Gasteiger partial charge in [0.1, 0.15) is 0 Å². The van der Waals surface area contributed by atoms with Gasteiger partial charge >= 0.3 is 11.9 Å². The summed E-state index contributed by atoms with van der Waals surface area (Å²) in [6.07, 6.45) is 1.59. The molecular weight excluding hydrogens is 220 g/mol. The van der Waals surface area contributed by atoms with Gasteiger partial charge in [0.2, 0.25) is 6.10 Å². The van der Waals surface area contributed by atoms with Gasteiger partial charge in [0.25, 0.3) is 0 Å². The van der Waals surface area contributed by atoms with E-state index in [1.54, 1.807) is 13.8 Å². The lowest BCUT2D eigenvalue weighted by atomic mass is 10.0. The number of esters is 2. The highest BCUT2D eigenvalue weighted by atomic mass is 16.6. The van der Waals surface area contributed by atoms with Crippen LogP contribution in [0, 0.1) is 11.8 Å². The second-order valence-electron chi connectivity index (χ2n) is 4.22. The molecule has 0 saturated carbocycles. The van der Waals surface area contributed by atoms with Gasteiger partial charge in [0.15, 0.2) is 0 Å². The molecule has 1 unspecified atom stereocenters. The first-order valence-corrected chi connectivity index (χ1v) is 5.99. The summed E-state index contributed by atoms with van der Waals surface area (Å²) in [5.74, 6) is -1.20. The Hall–Kier alpha value is -1.32. The van der Waals surface area contributed by atoms with E-state index in [4.69, 9.17) is 4.74 Å². The Labute approximate surface area is 103 Å². The van der Waals surface area contributed by atoms with Crippen molar-refractivity contribution < 1.29 is 19.1 Å². The molecule has 98 valence electrons. The second kappa shape index (κ2) is 7.87. The van der Waals surface area contributed by atoms with E-state index in [0.29, 0.717) is 12.8 Å². The zero-order chi connectivity index (χ0) is 13.4. The molecule has 0 aliphatic heterocycles. The largest absolute Gasteiger partial charge is 0.450 e.